The first kappa shape index (κ1) is 14.2. The van der Waals surface area contributed by atoms with Gasteiger partial charge in [-0.15, -0.1) is 0 Å². The van der Waals surface area contributed by atoms with Crippen LogP contribution in [0.5, 0.6) is 11.5 Å². The molecule has 21 heavy (non-hydrogen) atoms. The molecule has 0 spiro atoms. The van der Waals surface area contributed by atoms with E-state index in [1.165, 1.54) is 0 Å². The van der Waals surface area contributed by atoms with Gasteiger partial charge in [0.05, 0.1) is 23.8 Å². The molecule has 4 heteroatoms. The fraction of sp³-hybridized carbons (Fsp3) is 0.294. The molecule has 0 radical (unpaired) electrons. The summed E-state index contributed by atoms with van der Waals surface area (Å²) in [5.74, 6) is 1.38. The molecule has 1 aliphatic heterocycles. The predicted molar refractivity (Wildman–Crippen MR) is 82.1 cm³/mol. The second-order valence-corrected chi connectivity index (χ2v) is 5.66. The van der Waals surface area contributed by atoms with Crippen molar-refractivity contribution in [2.24, 2.45) is 0 Å². The van der Waals surface area contributed by atoms with Gasteiger partial charge in [0.1, 0.15) is 17.6 Å². The molecule has 0 amide bonds. The third kappa shape index (κ3) is 2.59. The number of methoxy groups -OCH3 is 1. The van der Waals surface area contributed by atoms with Crippen molar-refractivity contribution in [1.29, 1.82) is 0 Å². The van der Waals surface area contributed by atoms with Crippen molar-refractivity contribution in [2.75, 3.05) is 7.11 Å². The van der Waals surface area contributed by atoms with E-state index in [2.05, 4.69) is 0 Å². The number of hydrogen-bond acceptors (Lipinski definition) is 3. The zero-order valence-electron chi connectivity index (χ0n) is 12.0. The summed E-state index contributed by atoms with van der Waals surface area (Å²) in [7, 11) is 1.60. The van der Waals surface area contributed by atoms with Gasteiger partial charge in [-0.05, 0) is 31.2 Å². The number of aliphatic hydroxyl groups is 1. The Hall–Kier alpha value is -1.71. The zero-order chi connectivity index (χ0) is 15.0. The average molecular weight is 305 g/mol. The van der Waals surface area contributed by atoms with Gasteiger partial charge in [0.25, 0.3) is 0 Å². The summed E-state index contributed by atoms with van der Waals surface area (Å²) < 4.78 is 11.4. The fourth-order valence-electron chi connectivity index (χ4n) is 2.75. The minimum atomic E-state index is -0.570. The minimum absolute atomic E-state index is 0.321. The number of fused-ring (bicyclic) bond motifs is 1. The smallest absolute Gasteiger partial charge is 0.132 e. The second kappa shape index (κ2) is 5.58. The topological polar surface area (TPSA) is 38.7 Å². The monoisotopic (exact) mass is 304 g/mol. The van der Waals surface area contributed by atoms with Crippen LogP contribution in [0.1, 0.15) is 35.3 Å². The Kier molecular flexibility index (Phi) is 3.79. The van der Waals surface area contributed by atoms with E-state index >= 15 is 0 Å². The van der Waals surface area contributed by atoms with E-state index in [1.54, 1.807) is 13.2 Å². The summed E-state index contributed by atoms with van der Waals surface area (Å²) in [4.78, 5) is 0. The zero-order valence-corrected chi connectivity index (χ0v) is 12.7. The van der Waals surface area contributed by atoms with Crippen molar-refractivity contribution >= 4 is 11.6 Å². The number of rotatable bonds is 2. The third-order valence-electron chi connectivity index (χ3n) is 3.79. The molecule has 1 heterocycles. The molecule has 1 aliphatic rings. The maximum Gasteiger partial charge on any atom is 0.132 e. The number of ether oxygens (including phenoxy) is 2. The molecular formula is C17H17ClO3. The van der Waals surface area contributed by atoms with Crippen molar-refractivity contribution in [3.05, 3.63) is 58.1 Å². The van der Waals surface area contributed by atoms with Gasteiger partial charge < -0.3 is 14.6 Å². The maximum atomic E-state index is 10.4. The number of aliphatic hydroxyl groups excluding tert-OH is 1. The van der Waals surface area contributed by atoms with E-state index in [1.807, 2.05) is 37.3 Å². The largest absolute Gasteiger partial charge is 0.496 e. The lowest BCUT2D eigenvalue weighted by molar-refractivity contribution is 0.0645. The molecule has 2 aromatic carbocycles. The Bertz CT molecular complexity index is 669. The molecule has 0 aliphatic carbocycles. The summed E-state index contributed by atoms with van der Waals surface area (Å²) in [6.45, 7) is 2.00. The van der Waals surface area contributed by atoms with Crippen LogP contribution in [-0.2, 0) is 0 Å². The van der Waals surface area contributed by atoms with Gasteiger partial charge in [0, 0.05) is 12.0 Å². The Balaban J connectivity index is 2.02. The lowest BCUT2D eigenvalue weighted by Gasteiger charge is -2.31. The summed E-state index contributed by atoms with van der Waals surface area (Å²) in [6, 6.07) is 11.3. The van der Waals surface area contributed by atoms with E-state index in [0.29, 0.717) is 22.9 Å². The highest BCUT2D eigenvalue weighted by molar-refractivity contribution is 6.31. The SMILES string of the molecule is COc1cccc(Cl)c1C1CC(O)c2cc(C)ccc2O1. The standard InChI is InChI=1S/C17H17ClO3/c1-10-6-7-14-11(8-10)13(19)9-16(21-14)17-12(18)4-3-5-15(17)20-2/h3-8,13,16,19H,9H2,1-2H3. The van der Waals surface area contributed by atoms with Crippen LogP contribution in [0.3, 0.4) is 0 Å². The highest BCUT2D eigenvalue weighted by Gasteiger charge is 2.31. The minimum Gasteiger partial charge on any atom is -0.496 e. The molecule has 3 rings (SSSR count). The Morgan fingerprint density at radius 3 is 2.86 bits per heavy atom. The van der Waals surface area contributed by atoms with Gasteiger partial charge in [0.2, 0.25) is 0 Å². The predicted octanol–water partition coefficient (Wildman–Crippen LogP) is 4.21. The highest BCUT2D eigenvalue weighted by Crippen LogP contribution is 2.45. The van der Waals surface area contributed by atoms with Gasteiger partial charge in [0.15, 0.2) is 0 Å². The van der Waals surface area contributed by atoms with E-state index < -0.39 is 6.10 Å². The quantitative estimate of drug-likeness (QED) is 0.903. The van der Waals surface area contributed by atoms with E-state index in [9.17, 15) is 5.11 Å². The Morgan fingerprint density at radius 1 is 1.29 bits per heavy atom. The molecule has 0 saturated heterocycles. The highest BCUT2D eigenvalue weighted by atomic mass is 35.5. The molecule has 110 valence electrons. The molecule has 2 unspecified atom stereocenters. The van der Waals surface area contributed by atoms with Crippen molar-refractivity contribution in [2.45, 2.75) is 25.6 Å². The fourth-order valence-corrected chi connectivity index (χ4v) is 3.04. The molecule has 0 fully saturated rings. The van der Waals surface area contributed by atoms with Crippen LogP contribution in [0, 0.1) is 6.92 Å². The van der Waals surface area contributed by atoms with Gasteiger partial charge in [-0.25, -0.2) is 0 Å². The van der Waals surface area contributed by atoms with Crippen molar-refractivity contribution < 1.29 is 14.6 Å². The number of halogens is 1. The van der Waals surface area contributed by atoms with Crippen molar-refractivity contribution in [3.63, 3.8) is 0 Å². The second-order valence-electron chi connectivity index (χ2n) is 5.26. The first-order valence-corrected chi connectivity index (χ1v) is 7.25. The molecule has 0 saturated carbocycles. The number of hydrogen-bond donors (Lipinski definition) is 1. The van der Waals surface area contributed by atoms with Gasteiger partial charge in [-0.2, -0.15) is 0 Å². The van der Waals surface area contributed by atoms with Crippen LogP contribution in [0.25, 0.3) is 0 Å². The molecule has 2 atom stereocenters. The Morgan fingerprint density at radius 2 is 2.10 bits per heavy atom. The number of benzene rings is 2. The van der Waals surface area contributed by atoms with Crippen LogP contribution >= 0.6 is 11.6 Å². The summed E-state index contributed by atoms with van der Waals surface area (Å²) in [6.07, 6.45) is -0.435. The van der Waals surface area contributed by atoms with Crippen molar-refractivity contribution in [1.82, 2.24) is 0 Å². The molecule has 1 N–H and O–H groups in total. The summed E-state index contributed by atoms with van der Waals surface area (Å²) in [5.41, 5.74) is 2.72. The first-order valence-electron chi connectivity index (χ1n) is 6.88. The Labute approximate surface area is 129 Å². The van der Waals surface area contributed by atoms with Gasteiger partial charge in [-0.1, -0.05) is 29.3 Å². The van der Waals surface area contributed by atoms with Crippen LogP contribution in [-0.4, -0.2) is 12.2 Å². The number of aryl methyl sites for hydroxylation is 1. The van der Waals surface area contributed by atoms with Crippen LogP contribution in [0.2, 0.25) is 5.02 Å². The molecule has 0 aromatic heterocycles. The average Bonchev–Trinajstić information content (AvgIpc) is 2.47. The lowest BCUT2D eigenvalue weighted by Crippen LogP contribution is -2.20. The molecular weight excluding hydrogens is 288 g/mol. The normalized spacial score (nSPS) is 20.6. The van der Waals surface area contributed by atoms with E-state index in [-0.39, 0.29) is 6.10 Å². The van der Waals surface area contributed by atoms with Crippen LogP contribution in [0.4, 0.5) is 0 Å². The molecule has 3 nitrogen and oxygen atoms in total. The van der Waals surface area contributed by atoms with Crippen LogP contribution < -0.4 is 9.47 Å². The maximum absolute atomic E-state index is 10.4. The van der Waals surface area contributed by atoms with Crippen LogP contribution in [0.15, 0.2) is 36.4 Å². The van der Waals surface area contributed by atoms with E-state index in [0.717, 1.165) is 16.7 Å². The van der Waals surface area contributed by atoms with E-state index in [4.69, 9.17) is 21.1 Å². The van der Waals surface area contributed by atoms with Gasteiger partial charge in [-0.3, -0.25) is 0 Å². The first-order chi connectivity index (χ1) is 10.1. The third-order valence-corrected chi connectivity index (χ3v) is 4.12. The molecule has 2 aromatic rings. The van der Waals surface area contributed by atoms with Crippen molar-refractivity contribution in [3.8, 4) is 11.5 Å². The summed E-state index contributed by atoms with van der Waals surface area (Å²) in [5, 5.41) is 11.0. The molecule has 0 bridgehead atoms. The van der Waals surface area contributed by atoms with Gasteiger partial charge >= 0.3 is 0 Å². The summed E-state index contributed by atoms with van der Waals surface area (Å²) >= 11 is 6.30. The lowest BCUT2D eigenvalue weighted by atomic mass is 9.93.